The molecule has 0 fully saturated rings. The first-order chi connectivity index (χ1) is 10.8. The van der Waals surface area contributed by atoms with E-state index in [1.807, 2.05) is 95.3 Å². The van der Waals surface area contributed by atoms with Gasteiger partial charge in [-0.25, -0.2) is 0 Å². The second-order valence-corrected chi connectivity index (χ2v) is 3.97. The van der Waals surface area contributed by atoms with E-state index in [0.717, 1.165) is 17.0 Å². The molecule has 0 heterocycles. The third-order valence-electron chi connectivity index (χ3n) is 2.69. The largest absolute Gasteiger partial charge is 0.359 e. The zero-order valence-electron chi connectivity index (χ0n) is 15.0. The van der Waals surface area contributed by atoms with Gasteiger partial charge in [0, 0.05) is 39.3 Å². The molecule has 0 saturated carbocycles. The van der Waals surface area contributed by atoms with Gasteiger partial charge in [0.05, 0.1) is 0 Å². The quantitative estimate of drug-likeness (QED) is 0.747. The van der Waals surface area contributed by atoms with Gasteiger partial charge in [-0.2, -0.15) is 0 Å². The van der Waals surface area contributed by atoms with Crippen molar-refractivity contribution < 1.29 is 37.5 Å². The summed E-state index contributed by atoms with van der Waals surface area (Å²) >= 11 is 0. The van der Waals surface area contributed by atoms with Crippen molar-refractivity contribution in [2.45, 2.75) is 34.6 Å². The van der Waals surface area contributed by atoms with Crippen molar-refractivity contribution in [3.8, 4) is 0 Å². The summed E-state index contributed by atoms with van der Waals surface area (Å²) < 4.78 is 0. The molecule has 1 N–H and O–H groups in total. The average molecular weight is 387 g/mol. The van der Waals surface area contributed by atoms with E-state index in [9.17, 15) is 4.79 Å². The predicted octanol–water partition coefficient (Wildman–Crippen LogP) is 4.84. The van der Waals surface area contributed by atoms with E-state index >= 15 is 0 Å². The number of carbonyl (C=O) groups excluding carboxylic acids is 1. The molecular weight excluding hydrogens is 359 g/mol. The summed E-state index contributed by atoms with van der Waals surface area (Å²) in [6.45, 7) is 10.5. The fourth-order valence-corrected chi connectivity index (χ4v) is 1.89. The maximum absolute atomic E-state index is 12.2. The van der Waals surface area contributed by atoms with Gasteiger partial charge in [0.1, 0.15) is 0 Å². The van der Waals surface area contributed by atoms with Crippen LogP contribution in [0.15, 0.2) is 60.7 Å². The Morgan fingerprint density at radius 3 is 1.48 bits per heavy atom. The number of likely N-dealkylation sites (N-methyl/N-ethyl adjacent to an activating group) is 1. The second-order valence-electron chi connectivity index (χ2n) is 3.97. The number of hydrogen-bond donors (Lipinski definition) is 1. The smallest absolute Gasteiger partial charge is 0.217 e. The Morgan fingerprint density at radius 1 is 0.826 bits per heavy atom. The van der Waals surface area contributed by atoms with Crippen LogP contribution in [0.1, 0.15) is 45.7 Å². The van der Waals surface area contributed by atoms with E-state index in [-0.39, 0.29) is 38.6 Å². The van der Waals surface area contributed by atoms with Crippen molar-refractivity contribution in [2.24, 2.45) is 0 Å². The van der Waals surface area contributed by atoms with Crippen molar-refractivity contribution in [3.63, 3.8) is 0 Å². The molecule has 1 radical (unpaired) electrons. The van der Waals surface area contributed by atoms with Gasteiger partial charge in [-0.1, -0.05) is 64.1 Å². The van der Waals surface area contributed by atoms with Gasteiger partial charge >= 0.3 is 0 Å². The molecule has 0 aromatic heterocycles. The fraction of sp³-hybridized carbons (Fsp3) is 0.300. The Kier molecular flexibility index (Phi) is 16.5. The number of hydrogen-bond acceptors (Lipinski definition) is 1. The number of benzene rings is 2. The van der Waals surface area contributed by atoms with Gasteiger partial charge in [0.25, 0.3) is 0 Å². The molecule has 0 unspecified atom stereocenters. The molecule has 23 heavy (non-hydrogen) atoms. The van der Waals surface area contributed by atoms with E-state index in [1.165, 1.54) is 0 Å². The Balaban J connectivity index is 0. The van der Waals surface area contributed by atoms with Crippen molar-refractivity contribution in [2.75, 3.05) is 6.54 Å². The molecule has 3 heteroatoms. The molecule has 1 amide bonds. The zero-order valence-corrected chi connectivity index (χ0v) is 17.8. The number of rotatable bonds is 4. The summed E-state index contributed by atoms with van der Waals surface area (Å²) in [5.74, 6) is 0.688. The van der Waals surface area contributed by atoms with E-state index in [0.29, 0.717) is 6.54 Å². The van der Waals surface area contributed by atoms with Crippen molar-refractivity contribution in [3.05, 3.63) is 77.7 Å². The summed E-state index contributed by atoms with van der Waals surface area (Å²) in [6.07, 6.45) is 0. The standard InChI is InChI=1S/C16H16NO.2C2H6.Y/c1-2-17-16(18)15(13-9-5-3-6-10-13)14-11-7-4-8-12-14;2*1-2;/h3-12H,2H2,1H3,(H,17,18);2*1-2H3;/q-1;;;. The molecular formula is C20H28NOY-. The van der Waals surface area contributed by atoms with Gasteiger partial charge in [-0.3, -0.25) is 4.79 Å². The maximum Gasteiger partial charge on any atom is 0.217 e. The van der Waals surface area contributed by atoms with Crippen LogP contribution >= 0.6 is 0 Å². The maximum atomic E-state index is 12.2. The molecule has 0 aliphatic carbocycles. The van der Waals surface area contributed by atoms with Gasteiger partial charge in [-0.05, 0) is 12.8 Å². The Hall–Kier alpha value is -1.12. The van der Waals surface area contributed by atoms with Crippen LogP contribution in [0.2, 0.25) is 0 Å². The summed E-state index contributed by atoms with van der Waals surface area (Å²) in [4.78, 5) is 12.2. The fourth-order valence-electron chi connectivity index (χ4n) is 1.89. The Bertz CT molecular complexity index is 460. The summed E-state index contributed by atoms with van der Waals surface area (Å²) in [6, 6.07) is 19.5. The van der Waals surface area contributed by atoms with Gasteiger partial charge in [0.2, 0.25) is 5.91 Å². The third-order valence-corrected chi connectivity index (χ3v) is 2.69. The monoisotopic (exact) mass is 387 g/mol. The first kappa shape index (κ1) is 24.1. The van der Waals surface area contributed by atoms with Crippen molar-refractivity contribution in [1.82, 2.24) is 5.32 Å². The van der Waals surface area contributed by atoms with Crippen LogP contribution < -0.4 is 5.32 Å². The molecule has 0 aliphatic heterocycles. The van der Waals surface area contributed by atoms with Crippen LogP contribution in [0, 0.1) is 5.92 Å². The van der Waals surface area contributed by atoms with Crippen LogP contribution in [-0.2, 0) is 37.5 Å². The zero-order chi connectivity index (χ0) is 16.8. The van der Waals surface area contributed by atoms with Crippen LogP contribution in [0.5, 0.6) is 0 Å². The van der Waals surface area contributed by atoms with Crippen molar-refractivity contribution >= 4 is 5.91 Å². The molecule has 0 spiro atoms. The second kappa shape index (κ2) is 15.8. The molecule has 2 aromatic carbocycles. The minimum absolute atomic E-state index is 0. The van der Waals surface area contributed by atoms with Crippen LogP contribution in [-0.4, -0.2) is 12.5 Å². The number of carbonyl (C=O) groups is 1. The normalized spacial score (nSPS) is 8.22. The van der Waals surface area contributed by atoms with E-state index in [4.69, 9.17) is 0 Å². The third kappa shape index (κ3) is 8.34. The molecule has 2 nitrogen and oxygen atoms in total. The molecule has 2 aromatic rings. The van der Waals surface area contributed by atoms with Gasteiger partial charge in [0.15, 0.2) is 0 Å². The molecule has 0 atom stereocenters. The molecule has 0 bridgehead atoms. The molecule has 123 valence electrons. The predicted molar refractivity (Wildman–Crippen MR) is 95.7 cm³/mol. The van der Waals surface area contributed by atoms with E-state index in [1.54, 1.807) is 0 Å². The van der Waals surface area contributed by atoms with Crippen LogP contribution in [0.25, 0.3) is 0 Å². The van der Waals surface area contributed by atoms with E-state index < -0.39 is 0 Å². The van der Waals surface area contributed by atoms with E-state index in [2.05, 4.69) is 5.32 Å². The number of nitrogens with one attached hydrogen (secondary N) is 1. The number of amides is 1. The average Bonchev–Trinajstić information content (AvgIpc) is 2.61. The topological polar surface area (TPSA) is 29.1 Å². The Labute approximate surface area is 167 Å². The van der Waals surface area contributed by atoms with Gasteiger partial charge < -0.3 is 5.32 Å². The summed E-state index contributed by atoms with van der Waals surface area (Å²) in [5, 5.41) is 2.87. The minimum atomic E-state index is -0.0325. The minimum Gasteiger partial charge on any atom is -0.359 e. The van der Waals surface area contributed by atoms with Crippen molar-refractivity contribution in [1.29, 1.82) is 0 Å². The van der Waals surface area contributed by atoms with Crippen LogP contribution in [0.4, 0.5) is 0 Å². The Morgan fingerprint density at radius 2 is 1.17 bits per heavy atom. The summed E-state index contributed by atoms with van der Waals surface area (Å²) in [7, 11) is 0. The van der Waals surface area contributed by atoms with Gasteiger partial charge in [-0.15, -0.1) is 35.4 Å². The SMILES string of the molecule is CC.CC.CCNC(=O)[C-](c1ccccc1)c1ccccc1.[Y]. The molecule has 0 saturated heterocycles. The molecule has 2 rings (SSSR count). The summed E-state index contributed by atoms with van der Waals surface area (Å²) in [5.41, 5.74) is 1.88. The first-order valence-corrected chi connectivity index (χ1v) is 8.09. The molecule has 0 aliphatic rings. The first-order valence-electron chi connectivity index (χ1n) is 8.09. The van der Waals surface area contributed by atoms with Crippen LogP contribution in [0.3, 0.4) is 0 Å².